The Bertz CT molecular complexity index is 896. The lowest BCUT2D eigenvalue weighted by atomic mass is 10.3. The van der Waals surface area contributed by atoms with Crippen LogP contribution in [-0.2, 0) is 0 Å². The standard InChI is InChI=1S/C17H16F2N8/c18-12-3-1-4-13(19)15(12)23-14-11-22-25-17(24-14)27-9-7-26(8-10-27)16-20-5-2-6-21-16/h1-6,11H,7-10H2,(H,23,24,25). The van der Waals surface area contributed by atoms with Crippen LogP contribution >= 0.6 is 0 Å². The Hall–Kier alpha value is -3.43. The van der Waals surface area contributed by atoms with Gasteiger partial charge in [-0.25, -0.2) is 18.7 Å². The first-order valence-electron chi connectivity index (χ1n) is 8.38. The minimum Gasteiger partial charge on any atom is -0.337 e. The van der Waals surface area contributed by atoms with Crippen molar-refractivity contribution in [3.8, 4) is 0 Å². The van der Waals surface area contributed by atoms with Gasteiger partial charge >= 0.3 is 0 Å². The van der Waals surface area contributed by atoms with Gasteiger partial charge in [-0.1, -0.05) is 6.07 Å². The van der Waals surface area contributed by atoms with Gasteiger partial charge in [-0.05, 0) is 18.2 Å². The molecule has 0 atom stereocenters. The Labute approximate surface area is 153 Å². The molecular weight excluding hydrogens is 354 g/mol. The van der Waals surface area contributed by atoms with Crippen molar-refractivity contribution in [2.24, 2.45) is 0 Å². The van der Waals surface area contributed by atoms with Gasteiger partial charge in [0, 0.05) is 38.6 Å². The third kappa shape index (κ3) is 3.73. The molecule has 1 aliphatic rings. The lowest BCUT2D eigenvalue weighted by Gasteiger charge is -2.34. The summed E-state index contributed by atoms with van der Waals surface area (Å²) in [5, 5.41) is 10.6. The summed E-state index contributed by atoms with van der Waals surface area (Å²) in [6.45, 7) is 2.70. The van der Waals surface area contributed by atoms with Crippen LogP contribution in [0.2, 0.25) is 0 Å². The molecule has 0 unspecified atom stereocenters. The van der Waals surface area contributed by atoms with E-state index in [-0.39, 0.29) is 11.5 Å². The molecule has 0 bridgehead atoms. The maximum Gasteiger partial charge on any atom is 0.247 e. The highest BCUT2D eigenvalue weighted by Gasteiger charge is 2.21. The van der Waals surface area contributed by atoms with Gasteiger partial charge in [0.2, 0.25) is 11.9 Å². The zero-order chi connectivity index (χ0) is 18.6. The first kappa shape index (κ1) is 17.0. The molecule has 0 radical (unpaired) electrons. The van der Waals surface area contributed by atoms with Crippen LogP contribution in [-0.4, -0.2) is 51.3 Å². The first-order valence-corrected chi connectivity index (χ1v) is 8.38. The summed E-state index contributed by atoms with van der Waals surface area (Å²) in [4.78, 5) is 16.9. The summed E-state index contributed by atoms with van der Waals surface area (Å²) < 4.78 is 27.6. The lowest BCUT2D eigenvalue weighted by Crippen LogP contribution is -2.47. The van der Waals surface area contributed by atoms with Crippen molar-refractivity contribution >= 4 is 23.4 Å². The number of aromatic nitrogens is 5. The normalized spacial score (nSPS) is 14.3. The van der Waals surface area contributed by atoms with E-state index in [1.54, 1.807) is 18.5 Å². The fourth-order valence-corrected chi connectivity index (χ4v) is 2.79. The van der Waals surface area contributed by atoms with Crippen molar-refractivity contribution in [2.45, 2.75) is 0 Å². The largest absolute Gasteiger partial charge is 0.337 e. The van der Waals surface area contributed by atoms with Gasteiger partial charge in [0.15, 0.2) is 5.82 Å². The third-order valence-electron chi connectivity index (χ3n) is 4.16. The fraction of sp³-hybridized carbons (Fsp3) is 0.235. The van der Waals surface area contributed by atoms with E-state index in [1.807, 2.05) is 4.90 Å². The van der Waals surface area contributed by atoms with Crippen molar-refractivity contribution < 1.29 is 8.78 Å². The van der Waals surface area contributed by atoms with Crippen LogP contribution in [0.5, 0.6) is 0 Å². The van der Waals surface area contributed by atoms with E-state index in [2.05, 4.69) is 35.4 Å². The van der Waals surface area contributed by atoms with E-state index >= 15 is 0 Å². The summed E-state index contributed by atoms with van der Waals surface area (Å²) in [5.74, 6) is -0.108. The molecule has 4 rings (SSSR count). The second-order valence-electron chi connectivity index (χ2n) is 5.89. The van der Waals surface area contributed by atoms with Crippen LogP contribution in [0, 0.1) is 11.6 Å². The molecule has 1 saturated heterocycles. The minimum absolute atomic E-state index is 0.220. The predicted octanol–water partition coefficient (Wildman–Crippen LogP) is 2.01. The Kier molecular flexibility index (Phi) is 4.69. The number of para-hydroxylation sites is 1. The van der Waals surface area contributed by atoms with Crippen LogP contribution in [0.4, 0.5) is 32.2 Å². The number of nitrogens with one attached hydrogen (secondary N) is 1. The topological polar surface area (TPSA) is 83.0 Å². The lowest BCUT2D eigenvalue weighted by molar-refractivity contribution is 0.590. The monoisotopic (exact) mass is 370 g/mol. The van der Waals surface area contributed by atoms with Crippen LogP contribution in [0.15, 0.2) is 42.9 Å². The number of nitrogens with zero attached hydrogens (tertiary/aromatic N) is 7. The van der Waals surface area contributed by atoms with Gasteiger partial charge in [-0.2, -0.15) is 10.1 Å². The first-order chi connectivity index (χ1) is 13.2. The Morgan fingerprint density at radius 1 is 0.852 bits per heavy atom. The molecule has 0 amide bonds. The van der Waals surface area contributed by atoms with Crippen molar-refractivity contribution in [1.29, 1.82) is 0 Å². The van der Waals surface area contributed by atoms with Crippen molar-refractivity contribution in [2.75, 3.05) is 41.3 Å². The molecule has 1 fully saturated rings. The molecule has 8 nitrogen and oxygen atoms in total. The molecule has 0 aliphatic carbocycles. The van der Waals surface area contributed by atoms with Gasteiger partial charge < -0.3 is 15.1 Å². The molecule has 2 aromatic heterocycles. The van der Waals surface area contributed by atoms with E-state index in [0.29, 0.717) is 38.1 Å². The molecule has 3 heterocycles. The zero-order valence-corrected chi connectivity index (χ0v) is 14.3. The fourth-order valence-electron chi connectivity index (χ4n) is 2.79. The van der Waals surface area contributed by atoms with E-state index in [9.17, 15) is 8.78 Å². The second-order valence-corrected chi connectivity index (χ2v) is 5.89. The Morgan fingerprint density at radius 2 is 1.48 bits per heavy atom. The van der Waals surface area contributed by atoms with Gasteiger partial charge in [-0.15, -0.1) is 5.10 Å². The smallest absolute Gasteiger partial charge is 0.247 e. The molecule has 138 valence electrons. The highest BCUT2D eigenvalue weighted by Crippen LogP contribution is 2.22. The molecule has 1 aliphatic heterocycles. The van der Waals surface area contributed by atoms with Gasteiger partial charge in [0.1, 0.15) is 17.3 Å². The maximum absolute atomic E-state index is 13.8. The molecule has 3 aromatic rings. The predicted molar refractivity (Wildman–Crippen MR) is 95.9 cm³/mol. The minimum atomic E-state index is -0.702. The number of benzene rings is 1. The molecule has 10 heteroatoms. The van der Waals surface area contributed by atoms with E-state index in [1.165, 1.54) is 24.4 Å². The molecule has 1 aromatic carbocycles. The maximum atomic E-state index is 13.8. The summed E-state index contributed by atoms with van der Waals surface area (Å²) in [7, 11) is 0. The SMILES string of the molecule is Fc1cccc(F)c1Nc1cnnc(N2CCN(c3ncccn3)CC2)n1. The average molecular weight is 370 g/mol. The van der Waals surface area contributed by atoms with E-state index < -0.39 is 11.6 Å². The van der Waals surface area contributed by atoms with Gasteiger partial charge in [0.25, 0.3) is 0 Å². The van der Waals surface area contributed by atoms with Crippen LogP contribution in [0.3, 0.4) is 0 Å². The van der Waals surface area contributed by atoms with Gasteiger partial charge in [0.05, 0.1) is 6.20 Å². The number of anilines is 4. The van der Waals surface area contributed by atoms with E-state index in [4.69, 9.17) is 0 Å². The number of halogens is 2. The van der Waals surface area contributed by atoms with Crippen molar-refractivity contribution in [1.82, 2.24) is 25.1 Å². The molecule has 0 saturated carbocycles. The van der Waals surface area contributed by atoms with E-state index in [0.717, 1.165) is 0 Å². The second kappa shape index (κ2) is 7.44. The zero-order valence-electron chi connectivity index (χ0n) is 14.3. The number of hydrogen-bond donors (Lipinski definition) is 1. The molecular formula is C17H16F2N8. The average Bonchev–Trinajstić information content (AvgIpc) is 2.72. The molecule has 0 spiro atoms. The number of rotatable bonds is 4. The van der Waals surface area contributed by atoms with Crippen LogP contribution in [0.1, 0.15) is 0 Å². The van der Waals surface area contributed by atoms with Crippen molar-refractivity contribution in [3.63, 3.8) is 0 Å². The highest BCUT2D eigenvalue weighted by atomic mass is 19.1. The third-order valence-corrected chi connectivity index (χ3v) is 4.16. The summed E-state index contributed by atoms with van der Waals surface area (Å²) >= 11 is 0. The summed E-state index contributed by atoms with van der Waals surface area (Å²) in [6.07, 6.45) is 4.74. The van der Waals surface area contributed by atoms with Crippen LogP contribution in [0.25, 0.3) is 0 Å². The van der Waals surface area contributed by atoms with Crippen LogP contribution < -0.4 is 15.1 Å². The molecule has 1 N–H and O–H groups in total. The molecule has 27 heavy (non-hydrogen) atoms. The number of piperazine rings is 1. The Balaban J connectivity index is 1.46. The summed E-state index contributed by atoms with van der Waals surface area (Å²) in [5.41, 5.74) is -0.269. The number of hydrogen-bond acceptors (Lipinski definition) is 8. The summed E-state index contributed by atoms with van der Waals surface area (Å²) in [6, 6.07) is 5.42. The van der Waals surface area contributed by atoms with Crippen molar-refractivity contribution in [3.05, 3.63) is 54.5 Å². The quantitative estimate of drug-likeness (QED) is 0.747. The highest BCUT2D eigenvalue weighted by molar-refractivity contribution is 5.57. The Morgan fingerprint density at radius 3 is 2.15 bits per heavy atom. The van der Waals surface area contributed by atoms with Gasteiger partial charge in [-0.3, -0.25) is 0 Å².